The first-order valence-electron chi connectivity index (χ1n) is 10.9. The van der Waals surface area contributed by atoms with Gasteiger partial charge in [0.15, 0.2) is 0 Å². The average Bonchev–Trinajstić information content (AvgIpc) is 2.70. The molecule has 0 bridgehead atoms. The molecule has 6 nitrogen and oxygen atoms in total. The van der Waals surface area contributed by atoms with E-state index >= 15 is 0 Å². The fourth-order valence-electron chi connectivity index (χ4n) is 5.22. The summed E-state index contributed by atoms with van der Waals surface area (Å²) in [7, 11) is 0. The van der Waals surface area contributed by atoms with E-state index in [9.17, 15) is 9.90 Å². The van der Waals surface area contributed by atoms with Crippen LogP contribution in [0, 0.1) is 0 Å². The Kier molecular flexibility index (Phi) is 6.31. The van der Waals surface area contributed by atoms with Gasteiger partial charge in [0.25, 0.3) is 0 Å². The first kappa shape index (κ1) is 19.8. The van der Waals surface area contributed by atoms with Gasteiger partial charge in [-0.1, -0.05) is 24.6 Å². The Balaban J connectivity index is 1.24. The van der Waals surface area contributed by atoms with Gasteiger partial charge in [-0.3, -0.25) is 19.5 Å². The molecule has 2 atom stereocenters. The Hall–Kier alpha value is -1.47. The lowest BCUT2D eigenvalue weighted by atomic mass is 9.79. The van der Waals surface area contributed by atoms with Crippen LogP contribution in [0.4, 0.5) is 5.69 Å². The summed E-state index contributed by atoms with van der Waals surface area (Å²) >= 11 is 0. The molecule has 4 rings (SSSR count). The first-order valence-corrected chi connectivity index (χ1v) is 10.9. The first-order chi connectivity index (χ1) is 13.6. The van der Waals surface area contributed by atoms with Crippen molar-refractivity contribution in [2.45, 2.75) is 43.7 Å². The predicted molar refractivity (Wildman–Crippen MR) is 111 cm³/mol. The van der Waals surface area contributed by atoms with Crippen LogP contribution in [0.5, 0.6) is 0 Å². The van der Waals surface area contributed by atoms with Crippen molar-refractivity contribution < 1.29 is 9.90 Å². The van der Waals surface area contributed by atoms with Gasteiger partial charge < -0.3 is 10.4 Å². The molecule has 28 heavy (non-hydrogen) atoms. The zero-order valence-corrected chi connectivity index (χ0v) is 16.9. The molecule has 1 amide bonds. The number of para-hydroxylation sites is 1. The largest absolute Gasteiger partial charge is 0.387 e. The number of carbonyl (C=O) groups is 1. The van der Waals surface area contributed by atoms with E-state index in [0.29, 0.717) is 12.6 Å². The van der Waals surface area contributed by atoms with E-state index < -0.39 is 5.60 Å². The van der Waals surface area contributed by atoms with Crippen molar-refractivity contribution in [1.82, 2.24) is 14.7 Å². The monoisotopic (exact) mass is 386 g/mol. The van der Waals surface area contributed by atoms with Crippen LogP contribution in [0.2, 0.25) is 0 Å². The maximum Gasteiger partial charge on any atom is 0.238 e. The lowest BCUT2D eigenvalue weighted by Gasteiger charge is -2.51. The number of piperazine rings is 1. The summed E-state index contributed by atoms with van der Waals surface area (Å²) in [5, 5.41) is 14.4. The van der Waals surface area contributed by atoms with E-state index in [-0.39, 0.29) is 5.91 Å². The summed E-state index contributed by atoms with van der Waals surface area (Å²) < 4.78 is 0. The molecule has 3 fully saturated rings. The minimum Gasteiger partial charge on any atom is -0.387 e. The molecule has 3 aliphatic heterocycles. The van der Waals surface area contributed by atoms with Crippen molar-refractivity contribution in [3.63, 3.8) is 0 Å². The average molecular weight is 387 g/mol. The van der Waals surface area contributed by atoms with Crippen LogP contribution in [0.1, 0.15) is 32.1 Å². The minimum atomic E-state index is -0.564. The fourth-order valence-corrected chi connectivity index (χ4v) is 5.22. The van der Waals surface area contributed by atoms with Crippen molar-refractivity contribution >= 4 is 11.6 Å². The predicted octanol–water partition coefficient (Wildman–Crippen LogP) is 1.62. The Morgan fingerprint density at radius 3 is 2.50 bits per heavy atom. The third kappa shape index (κ3) is 4.74. The lowest BCUT2D eigenvalue weighted by Crippen LogP contribution is -2.64. The molecule has 6 heteroatoms. The number of β-amino-alcohol motifs (C(OH)–C–C–N with tert-alkyl or cyclic N) is 1. The van der Waals surface area contributed by atoms with Crippen molar-refractivity contribution in [2.24, 2.45) is 0 Å². The second-order valence-electron chi connectivity index (χ2n) is 8.72. The Morgan fingerprint density at radius 2 is 1.71 bits per heavy atom. The molecule has 3 saturated heterocycles. The van der Waals surface area contributed by atoms with Gasteiger partial charge in [-0.15, -0.1) is 0 Å². The molecule has 3 heterocycles. The molecule has 0 radical (unpaired) electrons. The number of piperidine rings is 2. The number of anilines is 1. The van der Waals surface area contributed by atoms with E-state index in [4.69, 9.17) is 0 Å². The number of benzene rings is 1. The van der Waals surface area contributed by atoms with Gasteiger partial charge in [-0.2, -0.15) is 0 Å². The highest BCUT2D eigenvalue weighted by Crippen LogP contribution is 2.34. The summed E-state index contributed by atoms with van der Waals surface area (Å²) in [6.07, 6.45) is 5.68. The van der Waals surface area contributed by atoms with Crippen molar-refractivity contribution in [3.05, 3.63) is 30.3 Å². The molecule has 0 spiro atoms. The molecule has 0 aromatic heterocycles. The topological polar surface area (TPSA) is 59.1 Å². The van der Waals surface area contributed by atoms with Crippen LogP contribution in [0.3, 0.4) is 0 Å². The second kappa shape index (κ2) is 8.91. The normalized spacial score (nSPS) is 30.0. The number of nitrogens with one attached hydrogen (secondary N) is 1. The molecule has 0 saturated carbocycles. The van der Waals surface area contributed by atoms with E-state index in [1.807, 2.05) is 30.3 Å². The Bertz CT molecular complexity index is 645. The standard InChI is InChI=1S/C22H34N4O2/c27-21(23-19-7-2-1-3-8-19)17-24-13-15-25(16-14-24)18-22(28)10-6-12-26-11-5-4-9-20(22)26/h1-3,7-8,20,28H,4-6,9-18H2,(H,23,27)/t20-,22-/m1/s1. The number of hydrogen-bond donors (Lipinski definition) is 2. The number of nitrogens with zero attached hydrogens (tertiary/aromatic N) is 3. The molecular formula is C22H34N4O2. The summed E-state index contributed by atoms with van der Waals surface area (Å²) in [6.45, 7) is 7.12. The Morgan fingerprint density at radius 1 is 1.00 bits per heavy atom. The van der Waals surface area contributed by atoms with Crippen molar-refractivity contribution in [2.75, 3.05) is 57.7 Å². The van der Waals surface area contributed by atoms with Crippen LogP contribution < -0.4 is 5.32 Å². The fraction of sp³-hybridized carbons (Fsp3) is 0.682. The quantitative estimate of drug-likeness (QED) is 0.805. The van der Waals surface area contributed by atoms with Crippen LogP contribution in [0.25, 0.3) is 0 Å². The number of fused-ring (bicyclic) bond motifs is 1. The van der Waals surface area contributed by atoms with Crippen LogP contribution >= 0.6 is 0 Å². The van der Waals surface area contributed by atoms with Gasteiger partial charge in [0.2, 0.25) is 5.91 Å². The van der Waals surface area contributed by atoms with Gasteiger partial charge in [0, 0.05) is 44.5 Å². The molecule has 1 aromatic carbocycles. The van der Waals surface area contributed by atoms with Gasteiger partial charge >= 0.3 is 0 Å². The maximum atomic E-state index is 12.3. The number of hydrogen-bond acceptors (Lipinski definition) is 5. The molecular weight excluding hydrogens is 352 g/mol. The van der Waals surface area contributed by atoms with E-state index in [0.717, 1.165) is 70.8 Å². The van der Waals surface area contributed by atoms with Gasteiger partial charge in [-0.05, 0) is 50.9 Å². The SMILES string of the molecule is O=C(CN1CCN(C[C@]2(O)CCCN3CCCC[C@@H]32)CC1)Nc1ccccc1. The molecule has 3 aliphatic rings. The third-order valence-corrected chi connectivity index (χ3v) is 6.68. The molecule has 0 aliphatic carbocycles. The van der Waals surface area contributed by atoms with Gasteiger partial charge in [0.05, 0.1) is 12.1 Å². The molecule has 1 aromatic rings. The van der Waals surface area contributed by atoms with Crippen LogP contribution in [-0.2, 0) is 4.79 Å². The van der Waals surface area contributed by atoms with Crippen LogP contribution in [-0.4, -0.2) is 89.7 Å². The highest BCUT2D eigenvalue weighted by atomic mass is 16.3. The summed E-state index contributed by atoms with van der Waals surface area (Å²) in [5.74, 6) is 0.0448. The van der Waals surface area contributed by atoms with E-state index in [2.05, 4.69) is 20.0 Å². The number of carbonyl (C=O) groups excluding carboxylic acids is 1. The van der Waals surface area contributed by atoms with Gasteiger partial charge in [-0.25, -0.2) is 0 Å². The second-order valence-corrected chi connectivity index (χ2v) is 8.72. The summed E-state index contributed by atoms with van der Waals surface area (Å²) in [6, 6.07) is 9.96. The number of amides is 1. The summed E-state index contributed by atoms with van der Waals surface area (Å²) in [5.41, 5.74) is 0.286. The third-order valence-electron chi connectivity index (χ3n) is 6.68. The molecule has 2 N–H and O–H groups in total. The van der Waals surface area contributed by atoms with Gasteiger partial charge in [0.1, 0.15) is 0 Å². The maximum absolute atomic E-state index is 12.3. The lowest BCUT2D eigenvalue weighted by molar-refractivity contribution is -0.120. The van der Waals surface area contributed by atoms with E-state index in [1.54, 1.807) is 0 Å². The van der Waals surface area contributed by atoms with E-state index in [1.165, 1.54) is 12.8 Å². The van der Waals surface area contributed by atoms with Crippen molar-refractivity contribution in [1.29, 1.82) is 0 Å². The van der Waals surface area contributed by atoms with Crippen molar-refractivity contribution in [3.8, 4) is 0 Å². The van der Waals surface area contributed by atoms with Crippen LogP contribution in [0.15, 0.2) is 30.3 Å². The Labute approximate surface area is 168 Å². The minimum absolute atomic E-state index is 0.0448. The number of aliphatic hydroxyl groups is 1. The smallest absolute Gasteiger partial charge is 0.238 e. The zero-order chi connectivity index (χ0) is 19.4. The molecule has 0 unspecified atom stereocenters. The summed E-state index contributed by atoms with van der Waals surface area (Å²) in [4.78, 5) is 19.4. The zero-order valence-electron chi connectivity index (χ0n) is 16.9. The highest BCUT2D eigenvalue weighted by molar-refractivity contribution is 5.92. The number of rotatable bonds is 5. The highest BCUT2D eigenvalue weighted by Gasteiger charge is 2.45. The molecule has 154 valence electrons.